The fraction of sp³-hybridized carbons (Fsp3) is 0.333. The number of halogens is 1. The molecule has 0 aromatic heterocycles. The second kappa shape index (κ2) is 5.55. The van der Waals surface area contributed by atoms with Gasteiger partial charge in [0.1, 0.15) is 6.07 Å². The minimum Gasteiger partial charge on any atom is -0.368 e. The maximum Gasteiger partial charge on any atom is 0.236 e. The van der Waals surface area contributed by atoms with Gasteiger partial charge in [0.05, 0.1) is 17.8 Å². The molecule has 0 aliphatic rings. The number of nitrogens with two attached hydrogens (primary N) is 1. The van der Waals surface area contributed by atoms with E-state index in [1.807, 2.05) is 13.8 Å². The van der Waals surface area contributed by atoms with Gasteiger partial charge >= 0.3 is 0 Å². The van der Waals surface area contributed by atoms with Gasteiger partial charge in [0, 0.05) is 11.1 Å². The highest BCUT2D eigenvalue weighted by molar-refractivity contribution is 6.30. The fourth-order valence-corrected chi connectivity index (χ4v) is 1.73. The van der Waals surface area contributed by atoms with Crippen LogP contribution in [0.2, 0.25) is 5.02 Å². The Kier molecular flexibility index (Phi) is 4.36. The molecule has 17 heavy (non-hydrogen) atoms. The quantitative estimate of drug-likeness (QED) is 0.889. The molecule has 0 fully saturated rings. The van der Waals surface area contributed by atoms with Crippen molar-refractivity contribution in [3.63, 3.8) is 0 Å². The van der Waals surface area contributed by atoms with Crippen molar-refractivity contribution >= 4 is 23.2 Å². The Labute approximate surface area is 106 Å². The Morgan fingerprint density at radius 1 is 1.59 bits per heavy atom. The lowest BCUT2D eigenvalue weighted by molar-refractivity contribution is -0.116. The number of nitrogens with zero attached hydrogens (tertiary/aromatic N) is 2. The monoisotopic (exact) mass is 251 g/mol. The number of carbonyl (C=O) groups excluding carboxylic acids is 1. The van der Waals surface area contributed by atoms with E-state index in [4.69, 9.17) is 22.6 Å². The van der Waals surface area contributed by atoms with E-state index in [2.05, 4.69) is 6.07 Å². The predicted octanol–water partition coefficient (Wildman–Crippen LogP) is 1.91. The van der Waals surface area contributed by atoms with E-state index in [1.54, 1.807) is 23.1 Å². The van der Waals surface area contributed by atoms with Crippen molar-refractivity contribution in [3.8, 4) is 6.07 Å². The van der Waals surface area contributed by atoms with Crippen molar-refractivity contribution in [1.29, 1.82) is 5.26 Å². The molecule has 0 aliphatic carbocycles. The van der Waals surface area contributed by atoms with Crippen LogP contribution in [-0.2, 0) is 4.79 Å². The average Bonchev–Trinajstić information content (AvgIpc) is 2.25. The molecular formula is C12H14ClN3O. The van der Waals surface area contributed by atoms with Crippen LogP contribution in [-0.4, -0.2) is 18.5 Å². The lowest BCUT2D eigenvalue weighted by atomic mass is 10.1. The number of nitriles is 1. The zero-order valence-corrected chi connectivity index (χ0v) is 10.5. The average molecular weight is 252 g/mol. The number of carbonyl (C=O) groups is 1. The first kappa shape index (κ1) is 13.3. The number of rotatable bonds is 4. The number of benzene rings is 1. The van der Waals surface area contributed by atoms with Crippen molar-refractivity contribution in [3.05, 3.63) is 28.8 Å². The molecule has 4 nitrogen and oxygen atoms in total. The van der Waals surface area contributed by atoms with Crippen LogP contribution in [0.25, 0.3) is 0 Å². The molecule has 1 amide bonds. The Morgan fingerprint density at radius 2 is 2.24 bits per heavy atom. The van der Waals surface area contributed by atoms with Crippen molar-refractivity contribution in [2.75, 3.05) is 11.4 Å². The summed E-state index contributed by atoms with van der Waals surface area (Å²) in [5, 5.41) is 9.55. The van der Waals surface area contributed by atoms with Gasteiger partial charge in [-0.2, -0.15) is 5.26 Å². The van der Waals surface area contributed by atoms with E-state index >= 15 is 0 Å². The molecule has 2 N–H and O–H groups in total. The van der Waals surface area contributed by atoms with Crippen molar-refractivity contribution < 1.29 is 4.79 Å². The molecule has 0 aliphatic heterocycles. The molecular weight excluding hydrogens is 238 g/mol. The van der Waals surface area contributed by atoms with Crippen molar-refractivity contribution in [2.24, 2.45) is 5.73 Å². The van der Waals surface area contributed by atoms with Crippen LogP contribution in [0.5, 0.6) is 0 Å². The first-order chi connectivity index (χ1) is 7.95. The van der Waals surface area contributed by atoms with Gasteiger partial charge in [-0.15, -0.1) is 0 Å². The topological polar surface area (TPSA) is 70.1 Å². The van der Waals surface area contributed by atoms with Crippen LogP contribution in [0.4, 0.5) is 5.69 Å². The number of primary amides is 1. The van der Waals surface area contributed by atoms with Gasteiger partial charge < -0.3 is 10.6 Å². The summed E-state index contributed by atoms with van der Waals surface area (Å²) in [6.45, 7) is 3.94. The van der Waals surface area contributed by atoms with Gasteiger partial charge in [-0.3, -0.25) is 4.79 Å². The molecule has 0 saturated heterocycles. The Bertz CT molecular complexity index is 465. The maximum atomic E-state index is 11.0. The van der Waals surface area contributed by atoms with E-state index in [9.17, 15) is 4.79 Å². The first-order valence-electron chi connectivity index (χ1n) is 5.20. The van der Waals surface area contributed by atoms with E-state index in [-0.39, 0.29) is 12.6 Å². The third-order valence-electron chi connectivity index (χ3n) is 2.34. The highest BCUT2D eigenvalue weighted by atomic mass is 35.5. The lowest BCUT2D eigenvalue weighted by Gasteiger charge is -2.28. The largest absolute Gasteiger partial charge is 0.368 e. The smallest absolute Gasteiger partial charge is 0.236 e. The molecule has 0 unspecified atom stereocenters. The summed E-state index contributed by atoms with van der Waals surface area (Å²) in [5.41, 5.74) is 6.31. The van der Waals surface area contributed by atoms with Crippen molar-refractivity contribution in [2.45, 2.75) is 19.9 Å². The van der Waals surface area contributed by atoms with Crippen LogP contribution in [0.3, 0.4) is 0 Å². The number of amides is 1. The molecule has 0 bridgehead atoms. The van der Waals surface area contributed by atoms with Gasteiger partial charge in [-0.1, -0.05) is 11.6 Å². The molecule has 1 aromatic carbocycles. The minimum absolute atomic E-state index is 0.0655. The highest BCUT2D eigenvalue weighted by Crippen LogP contribution is 2.25. The number of hydrogen-bond donors (Lipinski definition) is 1. The normalized spacial score (nSPS) is 10.1. The van der Waals surface area contributed by atoms with Gasteiger partial charge in [0.25, 0.3) is 0 Å². The molecule has 90 valence electrons. The van der Waals surface area contributed by atoms with E-state index in [0.717, 1.165) is 0 Å². The molecule has 0 radical (unpaired) electrons. The summed E-state index contributed by atoms with van der Waals surface area (Å²) in [6.07, 6.45) is 0. The third kappa shape index (κ3) is 3.36. The second-order valence-electron chi connectivity index (χ2n) is 3.96. The molecule has 0 saturated carbocycles. The van der Waals surface area contributed by atoms with E-state index < -0.39 is 5.91 Å². The summed E-state index contributed by atoms with van der Waals surface area (Å²) >= 11 is 5.82. The van der Waals surface area contributed by atoms with Gasteiger partial charge in [0.2, 0.25) is 5.91 Å². The van der Waals surface area contributed by atoms with Crippen LogP contribution in [0.15, 0.2) is 18.2 Å². The predicted molar refractivity (Wildman–Crippen MR) is 67.8 cm³/mol. The standard InChI is InChI=1S/C12H14ClN3O/c1-8(2)16(7-12(15)17)11-4-3-10(13)5-9(11)6-14/h3-5,8H,7H2,1-2H3,(H2,15,17). The van der Waals surface area contributed by atoms with E-state index in [1.165, 1.54) is 0 Å². The number of hydrogen-bond acceptors (Lipinski definition) is 3. The summed E-state index contributed by atoms with van der Waals surface area (Å²) in [6, 6.07) is 7.12. The van der Waals surface area contributed by atoms with Crippen LogP contribution in [0.1, 0.15) is 19.4 Å². The minimum atomic E-state index is -0.433. The summed E-state index contributed by atoms with van der Waals surface area (Å²) in [5.74, 6) is -0.433. The van der Waals surface area contributed by atoms with Crippen LogP contribution >= 0.6 is 11.6 Å². The zero-order valence-electron chi connectivity index (χ0n) is 9.77. The lowest BCUT2D eigenvalue weighted by Crippen LogP contribution is -2.39. The Morgan fingerprint density at radius 3 is 2.71 bits per heavy atom. The second-order valence-corrected chi connectivity index (χ2v) is 4.40. The third-order valence-corrected chi connectivity index (χ3v) is 2.57. The molecule has 0 atom stereocenters. The first-order valence-corrected chi connectivity index (χ1v) is 5.58. The molecule has 0 heterocycles. The molecule has 0 spiro atoms. The maximum absolute atomic E-state index is 11.0. The molecule has 1 rings (SSSR count). The van der Waals surface area contributed by atoms with Gasteiger partial charge in [0.15, 0.2) is 0 Å². The van der Waals surface area contributed by atoms with Crippen molar-refractivity contribution in [1.82, 2.24) is 0 Å². The molecule has 5 heteroatoms. The number of anilines is 1. The van der Waals surface area contributed by atoms with Gasteiger partial charge in [-0.05, 0) is 32.0 Å². The van der Waals surface area contributed by atoms with Crippen LogP contribution < -0.4 is 10.6 Å². The summed E-state index contributed by atoms with van der Waals surface area (Å²) in [7, 11) is 0. The SMILES string of the molecule is CC(C)N(CC(N)=O)c1ccc(Cl)cc1C#N. The van der Waals surface area contributed by atoms with E-state index in [0.29, 0.717) is 16.3 Å². The summed E-state index contributed by atoms with van der Waals surface area (Å²) < 4.78 is 0. The highest BCUT2D eigenvalue weighted by Gasteiger charge is 2.16. The van der Waals surface area contributed by atoms with Gasteiger partial charge in [-0.25, -0.2) is 0 Å². The fourth-order valence-electron chi connectivity index (χ4n) is 1.56. The zero-order chi connectivity index (χ0) is 13.0. The Hall–Kier alpha value is -1.73. The Balaban J connectivity index is 3.19. The molecule has 1 aromatic rings. The summed E-state index contributed by atoms with van der Waals surface area (Å²) in [4.78, 5) is 12.8. The van der Waals surface area contributed by atoms with Crippen LogP contribution in [0, 0.1) is 11.3 Å².